The van der Waals surface area contributed by atoms with Gasteiger partial charge in [-0.2, -0.15) is 0 Å². The van der Waals surface area contributed by atoms with Gasteiger partial charge in [-0.05, 0) is 42.3 Å². The minimum atomic E-state index is -0.199. The van der Waals surface area contributed by atoms with Crippen molar-refractivity contribution in [2.45, 2.75) is 26.9 Å². The SMILES string of the molecule is CCC(=O)Nc1cc(NCC(=O)Nc2ccccc2OCc2ccccc2)ccc1C. The lowest BCUT2D eigenvalue weighted by Gasteiger charge is -2.14. The summed E-state index contributed by atoms with van der Waals surface area (Å²) in [6, 6.07) is 22.8. The molecule has 6 nitrogen and oxygen atoms in total. The Bertz CT molecular complexity index is 1040. The van der Waals surface area contributed by atoms with Crippen molar-refractivity contribution in [2.24, 2.45) is 0 Å². The molecule has 0 unspecified atom stereocenters. The second-order valence-electron chi connectivity index (χ2n) is 7.10. The van der Waals surface area contributed by atoms with Gasteiger partial charge >= 0.3 is 0 Å². The molecular weight excluding hydrogens is 390 g/mol. The first-order valence-electron chi connectivity index (χ1n) is 10.2. The number of carbonyl (C=O) groups excluding carboxylic acids is 2. The lowest BCUT2D eigenvalue weighted by Crippen LogP contribution is -2.22. The van der Waals surface area contributed by atoms with Gasteiger partial charge in [0.2, 0.25) is 11.8 Å². The zero-order valence-corrected chi connectivity index (χ0v) is 17.8. The molecule has 0 aromatic heterocycles. The topological polar surface area (TPSA) is 79.5 Å². The lowest BCUT2D eigenvalue weighted by atomic mass is 10.1. The largest absolute Gasteiger partial charge is 0.487 e. The molecule has 3 N–H and O–H groups in total. The van der Waals surface area contributed by atoms with E-state index in [2.05, 4.69) is 16.0 Å². The van der Waals surface area contributed by atoms with Crippen LogP contribution in [0.1, 0.15) is 24.5 Å². The Hall–Kier alpha value is -3.80. The normalized spacial score (nSPS) is 10.3. The Kier molecular flexibility index (Phi) is 7.65. The van der Waals surface area contributed by atoms with Crippen LogP contribution in [0.15, 0.2) is 72.8 Å². The van der Waals surface area contributed by atoms with Crippen molar-refractivity contribution < 1.29 is 14.3 Å². The summed E-state index contributed by atoms with van der Waals surface area (Å²) < 4.78 is 5.89. The zero-order chi connectivity index (χ0) is 22.1. The number of amides is 2. The van der Waals surface area contributed by atoms with Crippen LogP contribution in [-0.4, -0.2) is 18.4 Å². The number of para-hydroxylation sites is 2. The molecule has 0 aliphatic carbocycles. The minimum Gasteiger partial charge on any atom is -0.487 e. The van der Waals surface area contributed by atoms with Gasteiger partial charge in [0.15, 0.2) is 0 Å². The van der Waals surface area contributed by atoms with Crippen LogP contribution in [-0.2, 0) is 16.2 Å². The van der Waals surface area contributed by atoms with E-state index in [-0.39, 0.29) is 18.4 Å². The number of benzene rings is 3. The second-order valence-corrected chi connectivity index (χ2v) is 7.10. The van der Waals surface area contributed by atoms with Gasteiger partial charge in [0.05, 0.1) is 12.2 Å². The van der Waals surface area contributed by atoms with Crippen molar-refractivity contribution in [1.29, 1.82) is 0 Å². The van der Waals surface area contributed by atoms with Gasteiger partial charge in [0, 0.05) is 17.8 Å². The van der Waals surface area contributed by atoms with E-state index in [9.17, 15) is 9.59 Å². The predicted molar refractivity (Wildman–Crippen MR) is 124 cm³/mol. The molecule has 2 amide bonds. The molecule has 3 aromatic rings. The van der Waals surface area contributed by atoms with Gasteiger partial charge < -0.3 is 20.7 Å². The number of hydrogen-bond donors (Lipinski definition) is 3. The number of nitrogens with one attached hydrogen (secondary N) is 3. The molecular formula is C25H27N3O3. The third kappa shape index (κ3) is 6.60. The summed E-state index contributed by atoms with van der Waals surface area (Å²) in [5.74, 6) is 0.361. The molecule has 0 aliphatic rings. The van der Waals surface area contributed by atoms with Crippen LogP contribution >= 0.6 is 0 Å². The maximum Gasteiger partial charge on any atom is 0.243 e. The van der Waals surface area contributed by atoms with Gasteiger partial charge in [-0.15, -0.1) is 0 Å². The van der Waals surface area contributed by atoms with E-state index in [4.69, 9.17) is 4.74 Å². The first-order valence-corrected chi connectivity index (χ1v) is 10.2. The molecule has 0 saturated carbocycles. The monoisotopic (exact) mass is 417 g/mol. The maximum atomic E-state index is 12.5. The average Bonchev–Trinajstić information content (AvgIpc) is 2.79. The summed E-state index contributed by atoms with van der Waals surface area (Å²) in [5.41, 5.74) is 4.11. The number of rotatable bonds is 9. The number of anilines is 3. The molecule has 31 heavy (non-hydrogen) atoms. The van der Waals surface area contributed by atoms with E-state index in [0.29, 0.717) is 24.5 Å². The molecule has 0 radical (unpaired) electrons. The molecule has 6 heteroatoms. The summed E-state index contributed by atoms with van der Waals surface area (Å²) in [7, 11) is 0. The molecule has 0 saturated heterocycles. The van der Waals surface area contributed by atoms with Gasteiger partial charge in [0.25, 0.3) is 0 Å². The fraction of sp³-hybridized carbons (Fsp3) is 0.200. The van der Waals surface area contributed by atoms with Gasteiger partial charge in [0.1, 0.15) is 12.4 Å². The highest BCUT2D eigenvalue weighted by molar-refractivity contribution is 5.95. The summed E-state index contributed by atoms with van der Waals surface area (Å²) in [4.78, 5) is 24.2. The van der Waals surface area contributed by atoms with Crippen LogP contribution in [0.3, 0.4) is 0 Å². The Morgan fingerprint density at radius 1 is 0.839 bits per heavy atom. The van der Waals surface area contributed by atoms with E-state index >= 15 is 0 Å². The molecule has 0 bridgehead atoms. The third-order valence-electron chi connectivity index (χ3n) is 4.68. The van der Waals surface area contributed by atoms with Crippen LogP contribution in [0, 0.1) is 6.92 Å². The summed E-state index contributed by atoms with van der Waals surface area (Å²) in [5, 5.41) is 8.85. The quantitative estimate of drug-likeness (QED) is 0.459. The predicted octanol–water partition coefficient (Wildman–Crippen LogP) is 4.97. The molecule has 160 valence electrons. The van der Waals surface area contributed by atoms with Crippen molar-refractivity contribution in [1.82, 2.24) is 0 Å². The minimum absolute atomic E-state index is 0.0508. The highest BCUT2D eigenvalue weighted by atomic mass is 16.5. The third-order valence-corrected chi connectivity index (χ3v) is 4.68. The van der Waals surface area contributed by atoms with Crippen molar-refractivity contribution >= 4 is 28.9 Å². The highest BCUT2D eigenvalue weighted by Gasteiger charge is 2.09. The average molecular weight is 418 g/mol. The van der Waals surface area contributed by atoms with E-state index in [1.54, 1.807) is 6.92 Å². The van der Waals surface area contributed by atoms with Crippen LogP contribution in [0.5, 0.6) is 5.75 Å². The second kappa shape index (κ2) is 10.8. The molecule has 0 aliphatic heterocycles. The Morgan fingerprint density at radius 3 is 2.32 bits per heavy atom. The van der Waals surface area contributed by atoms with Crippen molar-refractivity contribution in [2.75, 3.05) is 22.5 Å². The fourth-order valence-electron chi connectivity index (χ4n) is 2.91. The van der Waals surface area contributed by atoms with Crippen molar-refractivity contribution in [3.63, 3.8) is 0 Å². The standard InChI is InChI=1S/C25H27N3O3/c1-3-24(29)28-22-15-20(14-13-18(22)2)26-16-25(30)27-21-11-7-8-12-23(21)31-17-19-9-5-4-6-10-19/h4-15,26H,3,16-17H2,1-2H3,(H,27,30)(H,28,29). The first kappa shape index (κ1) is 21.9. The van der Waals surface area contributed by atoms with Crippen LogP contribution in [0.25, 0.3) is 0 Å². The number of aryl methyl sites for hydroxylation is 1. The smallest absolute Gasteiger partial charge is 0.243 e. The fourth-order valence-corrected chi connectivity index (χ4v) is 2.91. The maximum absolute atomic E-state index is 12.5. The Morgan fingerprint density at radius 2 is 1.55 bits per heavy atom. The highest BCUT2D eigenvalue weighted by Crippen LogP contribution is 2.25. The van der Waals surface area contributed by atoms with E-state index in [1.807, 2.05) is 79.7 Å². The van der Waals surface area contributed by atoms with Crippen LogP contribution in [0.4, 0.5) is 17.1 Å². The summed E-state index contributed by atoms with van der Waals surface area (Å²) in [6.07, 6.45) is 0.408. The molecule has 3 rings (SSSR count). The van der Waals surface area contributed by atoms with Gasteiger partial charge in [-0.3, -0.25) is 9.59 Å². The summed E-state index contributed by atoms with van der Waals surface area (Å²) in [6.45, 7) is 4.23. The Labute approximate surface area is 182 Å². The van der Waals surface area contributed by atoms with E-state index in [0.717, 1.165) is 22.5 Å². The zero-order valence-electron chi connectivity index (χ0n) is 17.8. The summed E-state index contributed by atoms with van der Waals surface area (Å²) >= 11 is 0. The van der Waals surface area contributed by atoms with E-state index < -0.39 is 0 Å². The first-order chi connectivity index (χ1) is 15.0. The number of carbonyl (C=O) groups is 2. The molecule has 0 spiro atoms. The van der Waals surface area contributed by atoms with Gasteiger partial charge in [-0.25, -0.2) is 0 Å². The van der Waals surface area contributed by atoms with Crippen molar-refractivity contribution in [3.8, 4) is 5.75 Å². The molecule has 0 heterocycles. The van der Waals surface area contributed by atoms with Crippen LogP contribution in [0.2, 0.25) is 0 Å². The Balaban J connectivity index is 1.58. The number of hydrogen-bond acceptors (Lipinski definition) is 4. The number of ether oxygens (including phenoxy) is 1. The lowest BCUT2D eigenvalue weighted by molar-refractivity contribution is -0.116. The van der Waals surface area contributed by atoms with Gasteiger partial charge in [-0.1, -0.05) is 55.5 Å². The molecule has 3 aromatic carbocycles. The van der Waals surface area contributed by atoms with Crippen molar-refractivity contribution in [3.05, 3.63) is 83.9 Å². The van der Waals surface area contributed by atoms with Crippen LogP contribution < -0.4 is 20.7 Å². The van der Waals surface area contributed by atoms with E-state index in [1.165, 1.54) is 0 Å². The molecule has 0 atom stereocenters. The molecule has 0 fully saturated rings.